The highest BCUT2D eigenvalue weighted by Crippen LogP contribution is 2.21. The molecule has 7 nitrogen and oxygen atoms in total. The Morgan fingerprint density at radius 3 is 3.00 bits per heavy atom. The molecule has 3 rings (SSSR count). The van der Waals surface area contributed by atoms with Gasteiger partial charge in [-0.15, -0.1) is 24.8 Å². The van der Waals surface area contributed by atoms with Gasteiger partial charge in [0.05, 0.1) is 5.69 Å². The number of aromatic nitrogens is 4. The highest BCUT2D eigenvalue weighted by Gasteiger charge is 2.17. The normalized spacial score (nSPS) is 16.6. The first-order valence-corrected chi connectivity index (χ1v) is 8.30. The first kappa shape index (κ1) is 21.5. The SMILES string of the molecule is Cl.Cl.O=C(Cn1ccc(C2CCCNC2)n1)NCCCc1ncc[nH]1. The van der Waals surface area contributed by atoms with Crippen molar-refractivity contribution >= 4 is 30.7 Å². The second-order valence-corrected chi connectivity index (χ2v) is 5.97. The van der Waals surface area contributed by atoms with Crippen molar-refractivity contribution in [3.05, 3.63) is 36.2 Å². The van der Waals surface area contributed by atoms with Crippen LogP contribution in [0.3, 0.4) is 0 Å². The van der Waals surface area contributed by atoms with Crippen molar-refractivity contribution in [3.63, 3.8) is 0 Å². The van der Waals surface area contributed by atoms with Crippen LogP contribution in [0.15, 0.2) is 24.7 Å². The van der Waals surface area contributed by atoms with Gasteiger partial charge in [-0.2, -0.15) is 5.10 Å². The zero-order valence-corrected chi connectivity index (χ0v) is 15.7. The van der Waals surface area contributed by atoms with Crippen LogP contribution >= 0.6 is 24.8 Å². The van der Waals surface area contributed by atoms with Crippen LogP contribution < -0.4 is 10.6 Å². The van der Waals surface area contributed by atoms with Gasteiger partial charge in [0.2, 0.25) is 5.91 Å². The predicted octanol–water partition coefficient (Wildman–Crippen LogP) is 1.67. The minimum absolute atomic E-state index is 0. The van der Waals surface area contributed by atoms with E-state index in [1.54, 1.807) is 10.9 Å². The van der Waals surface area contributed by atoms with Gasteiger partial charge in [-0.3, -0.25) is 9.48 Å². The number of rotatable bonds is 7. The van der Waals surface area contributed by atoms with Gasteiger partial charge in [-0.05, 0) is 31.9 Å². The molecule has 3 heterocycles. The Labute approximate surface area is 160 Å². The molecule has 2 aromatic rings. The largest absolute Gasteiger partial charge is 0.354 e. The molecule has 0 bridgehead atoms. The van der Waals surface area contributed by atoms with E-state index < -0.39 is 0 Å². The summed E-state index contributed by atoms with van der Waals surface area (Å²) in [6.07, 6.45) is 9.52. The predicted molar refractivity (Wildman–Crippen MR) is 101 cm³/mol. The number of carbonyl (C=O) groups is 1. The van der Waals surface area contributed by atoms with Gasteiger partial charge in [0.25, 0.3) is 0 Å². The maximum absolute atomic E-state index is 12.0. The first-order valence-electron chi connectivity index (χ1n) is 8.30. The molecule has 1 aliphatic rings. The molecule has 0 saturated carbocycles. The number of carbonyl (C=O) groups excluding carboxylic acids is 1. The summed E-state index contributed by atoms with van der Waals surface area (Å²) in [6.45, 7) is 3.01. The molecule has 9 heteroatoms. The summed E-state index contributed by atoms with van der Waals surface area (Å²) >= 11 is 0. The van der Waals surface area contributed by atoms with E-state index in [2.05, 4.69) is 25.7 Å². The third-order valence-corrected chi connectivity index (χ3v) is 4.15. The Hall–Kier alpha value is -1.57. The Morgan fingerprint density at radius 1 is 1.40 bits per heavy atom. The van der Waals surface area contributed by atoms with Crippen LogP contribution in [-0.2, 0) is 17.8 Å². The van der Waals surface area contributed by atoms with Crippen molar-refractivity contribution < 1.29 is 4.79 Å². The lowest BCUT2D eigenvalue weighted by Crippen LogP contribution is -2.30. The standard InChI is InChI=1S/C16H24N6O.2ClH/c23-16(20-7-2-4-15-18-8-9-19-15)12-22-10-5-14(21-22)13-3-1-6-17-11-13;;/h5,8-10,13,17H,1-4,6-7,11-12H2,(H,18,19)(H,20,23);2*1H. The van der Waals surface area contributed by atoms with Crippen molar-refractivity contribution in [2.45, 2.75) is 38.1 Å². The van der Waals surface area contributed by atoms with Crippen LogP contribution in [0.1, 0.15) is 36.7 Å². The molecule has 0 aromatic carbocycles. The lowest BCUT2D eigenvalue weighted by atomic mass is 9.97. The number of H-pyrrole nitrogens is 1. The van der Waals surface area contributed by atoms with Gasteiger partial charge in [-0.1, -0.05) is 0 Å². The number of hydrogen-bond acceptors (Lipinski definition) is 4. The molecule has 1 fully saturated rings. The molecular weight excluding hydrogens is 363 g/mol. The molecule has 2 aromatic heterocycles. The van der Waals surface area contributed by atoms with Gasteiger partial charge in [0, 0.05) is 44.0 Å². The minimum atomic E-state index is 0. The molecule has 1 aliphatic heterocycles. The van der Waals surface area contributed by atoms with Crippen LogP contribution in [0.25, 0.3) is 0 Å². The quantitative estimate of drug-likeness (QED) is 0.629. The van der Waals surface area contributed by atoms with Crippen molar-refractivity contribution in [1.29, 1.82) is 0 Å². The number of hydrogen-bond donors (Lipinski definition) is 3. The number of nitrogens with zero attached hydrogens (tertiary/aromatic N) is 3. The maximum Gasteiger partial charge on any atom is 0.241 e. The topological polar surface area (TPSA) is 87.6 Å². The van der Waals surface area contributed by atoms with Crippen molar-refractivity contribution in [2.75, 3.05) is 19.6 Å². The van der Waals surface area contributed by atoms with Crippen LogP contribution in [0.2, 0.25) is 0 Å². The van der Waals surface area contributed by atoms with Gasteiger partial charge < -0.3 is 15.6 Å². The zero-order chi connectivity index (χ0) is 15.9. The Bertz CT molecular complexity index is 610. The number of imidazole rings is 1. The summed E-state index contributed by atoms with van der Waals surface area (Å²) in [4.78, 5) is 19.2. The fourth-order valence-corrected chi connectivity index (χ4v) is 2.91. The van der Waals surface area contributed by atoms with Gasteiger partial charge in [-0.25, -0.2) is 4.98 Å². The smallest absolute Gasteiger partial charge is 0.241 e. The zero-order valence-electron chi connectivity index (χ0n) is 14.1. The van der Waals surface area contributed by atoms with E-state index in [4.69, 9.17) is 0 Å². The summed E-state index contributed by atoms with van der Waals surface area (Å²) in [5, 5.41) is 10.9. The highest BCUT2D eigenvalue weighted by molar-refractivity contribution is 5.85. The third kappa shape index (κ3) is 6.68. The van der Waals surface area contributed by atoms with Crippen molar-refractivity contribution in [1.82, 2.24) is 30.4 Å². The van der Waals surface area contributed by atoms with Crippen LogP contribution in [0, 0.1) is 0 Å². The summed E-state index contributed by atoms with van der Waals surface area (Å²) in [6, 6.07) is 2.03. The van der Waals surface area contributed by atoms with E-state index in [1.807, 2.05) is 18.5 Å². The van der Waals surface area contributed by atoms with Crippen LogP contribution in [-0.4, -0.2) is 45.3 Å². The number of nitrogens with one attached hydrogen (secondary N) is 3. The lowest BCUT2D eigenvalue weighted by Gasteiger charge is -2.20. The first-order chi connectivity index (χ1) is 11.3. The van der Waals surface area contributed by atoms with Crippen LogP contribution in [0.5, 0.6) is 0 Å². The Kier molecular flexibility index (Phi) is 9.55. The Balaban J connectivity index is 0.00000156. The van der Waals surface area contributed by atoms with Crippen molar-refractivity contribution in [3.8, 4) is 0 Å². The molecule has 0 spiro atoms. The average molecular weight is 389 g/mol. The molecule has 3 N–H and O–H groups in total. The second-order valence-electron chi connectivity index (χ2n) is 5.97. The van der Waals surface area contributed by atoms with Gasteiger partial charge >= 0.3 is 0 Å². The number of piperidine rings is 1. The fourth-order valence-electron chi connectivity index (χ4n) is 2.91. The molecule has 1 amide bonds. The van der Waals surface area contributed by atoms with E-state index in [-0.39, 0.29) is 37.3 Å². The van der Waals surface area contributed by atoms with E-state index >= 15 is 0 Å². The molecule has 1 saturated heterocycles. The number of amides is 1. The van der Waals surface area contributed by atoms with E-state index in [0.717, 1.165) is 37.4 Å². The monoisotopic (exact) mass is 388 g/mol. The van der Waals surface area contributed by atoms with Gasteiger partial charge in [0.1, 0.15) is 12.4 Å². The van der Waals surface area contributed by atoms with Crippen LogP contribution in [0.4, 0.5) is 0 Å². The summed E-state index contributed by atoms with van der Waals surface area (Å²) in [5.41, 5.74) is 1.09. The molecule has 1 atom stereocenters. The Morgan fingerprint density at radius 2 is 2.28 bits per heavy atom. The summed E-state index contributed by atoms with van der Waals surface area (Å²) < 4.78 is 1.73. The molecule has 140 valence electrons. The second kappa shape index (κ2) is 11.1. The molecule has 1 unspecified atom stereocenters. The maximum atomic E-state index is 12.0. The third-order valence-electron chi connectivity index (χ3n) is 4.15. The van der Waals surface area contributed by atoms with Gasteiger partial charge in [0.15, 0.2) is 0 Å². The number of aryl methyl sites for hydroxylation is 1. The molecular formula is C16H26Cl2N6O. The van der Waals surface area contributed by atoms with E-state index in [9.17, 15) is 4.79 Å². The fraction of sp³-hybridized carbons (Fsp3) is 0.562. The number of halogens is 2. The van der Waals surface area contributed by atoms with E-state index in [0.29, 0.717) is 12.5 Å². The minimum Gasteiger partial charge on any atom is -0.354 e. The molecule has 25 heavy (non-hydrogen) atoms. The van der Waals surface area contributed by atoms with E-state index in [1.165, 1.54) is 12.8 Å². The summed E-state index contributed by atoms with van der Waals surface area (Å²) in [5.74, 6) is 1.43. The average Bonchev–Trinajstić information content (AvgIpc) is 3.24. The number of aromatic amines is 1. The highest BCUT2D eigenvalue weighted by atomic mass is 35.5. The molecule has 0 aliphatic carbocycles. The summed E-state index contributed by atoms with van der Waals surface area (Å²) in [7, 11) is 0. The lowest BCUT2D eigenvalue weighted by molar-refractivity contribution is -0.121. The van der Waals surface area contributed by atoms with Crippen molar-refractivity contribution in [2.24, 2.45) is 0 Å². The molecule has 0 radical (unpaired) electrons.